The lowest BCUT2D eigenvalue weighted by atomic mass is 10.1. The van der Waals surface area contributed by atoms with Gasteiger partial charge in [-0.1, -0.05) is 0 Å². The number of aromatic nitrogens is 1. The zero-order valence-corrected chi connectivity index (χ0v) is 10.9. The molecular weight excluding hydrogens is 308 g/mol. The van der Waals surface area contributed by atoms with Crippen molar-refractivity contribution in [3.05, 3.63) is 26.9 Å². The van der Waals surface area contributed by atoms with Crippen molar-refractivity contribution in [2.24, 2.45) is 5.73 Å². The van der Waals surface area contributed by atoms with Gasteiger partial charge in [0.2, 0.25) is 0 Å². The van der Waals surface area contributed by atoms with Crippen molar-refractivity contribution in [3.8, 4) is 11.8 Å². The van der Waals surface area contributed by atoms with Crippen molar-refractivity contribution < 1.29 is 0 Å². The fraction of sp³-hybridized carbons (Fsp3) is 0.300. The van der Waals surface area contributed by atoms with Crippen LogP contribution in [0.1, 0.15) is 25.1 Å². The van der Waals surface area contributed by atoms with E-state index in [9.17, 15) is 0 Å². The van der Waals surface area contributed by atoms with Crippen LogP contribution in [0.15, 0.2) is 21.2 Å². The van der Waals surface area contributed by atoms with Gasteiger partial charge < -0.3 is 5.73 Å². The van der Waals surface area contributed by atoms with E-state index in [2.05, 4.69) is 48.7 Å². The van der Waals surface area contributed by atoms with Gasteiger partial charge in [0.1, 0.15) is 0 Å². The molecule has 74 valence electrons. The van der Waals surface area contributed by atoms with Crippen LogP contribution in [0.25, 0.3) is 0 Å². The highest BCUT2D eigenvalue weighted by Crippen LogP contribution is 2.24. The molecule has 4 heteroatoms. The molecule has 2 N–H and O–H groups in total. The second-order valence-corrected chi connectivity index (χ2v) is 4.53. The maximum Gasteiger partial charge on any atom is 0.0723 e. The standard InChI is InChI=1S/C10H10Br2N2/c1-2-3-4-9(13)10-8(12)5-7(11)6-14-10/h5-6,9H,4,13H2,1H3. The minimum atomic E-state index is -0.134. The second-order valence-electron chi connectivity index (χ2n) is 2.76. The first-order valence-electron chi connectivity index (χ1n) is 4.11. The molecule has 2 nitrogen and oxygen atoms in total. The summed E-state index contributed by atoms with van der Waals surface area (Å²) < 4.78 is 1.85. The van der Waals surface area contributed by atoms with E-state index in [0.29, 0.717) is 6.42 Å². The van der Waals surface area contributed by atoms with Crippen LogP contribution in [0.3, 0.4) is 0 Å². The van der Waals surface area contributed by atoms with E-state index in [4.69, 9.17) is 5.73 Å². The van der Waals surface area contributed by atoms with Gasteiger partial charge in [-0.2, -0.15) is 0 Å². The Hall–Kier alpha value is -0.370. The molecule has 0 spiro atoms. The average Bonchev–Trinajstić information content (AvgIpc) is 2.14. The number of rotatable bonds is 2. The Bertz CT molecular complexity index is 379. The Morgan fingerprint density at radius 2 is 2.29 bits per heavy atom. The Morgan fingerprint density at radius 3 is 2.86 bits per heavy atom. The van der Waals surface area contributed by atoms with Gasteiger partial charge in [-0.05, 0) is 44.8 Å². The molecule has 1 atom stereocenters. The van der Waals surface area contributed by atoms with Gasteiger partial charge in [-0.15, -0.1) is 11.8 Å². The molecule has 1 unspecified atom stereocenters. The molecule has 0 aliphatic carbocycles. The first-order valence-corrected chi connectivity index (χ1v) is 5.70. The first kappa shape index (κ1) is 11.7. The summed E-state index contributed by atoms with van der Waals surface area (Å²) in [6.45, 7) is 1.80. The van der Waals surface area contributed by atoms with Gasteiger partial charge in [-0.3, -0.25) is 4.98 Å². The Balaban J connectivity index is 2.88. The van der Waals surface area contributed by atoms with Crippen LogP contribution < -0.4 is 5.73 Å². The summed E-state index contributed by atoms with van der Waals surface area (Å²) in [6, 6.07) is 1.80. The lowest BCUT2D eigenvalue weighted by Crippen LogP contribution is -2.11. The molecule has 0 fully saturated rings. The largest absolute Gasteiger partial charge is 0.322 e. The number of halogens is 2. The average molecular weight is 318 g/mol. The lowest BCUT2D eigenvalue weighted by molar-refractivity contribution is 0.719. The molecule has 0 aliphatic rings. The number of nitrogens with two attached hydrogens (primary N) is 1. The predicted molar refractivity (Wildman–Crippen MR) is 64.6 cm³/mol. The van der Waals surface area contributed by atoms with Gasteiger partial charge in [0.05, 0.1) is 11.7 Å². The zero-order chi connectivity index (χ0) is 10.6. The molecule has 0 saturated carbocycles. The Morgan fingerprint density at radius 1 is 1.57 bits per heavy atom. The normalized spacial score (nSPS) is 11.7. The fourth-order valence-corrected chi connectivity index (χ4v) is 2.29. The molecule has 0 amide bonds. The van der Waals surface area contributed by atoms with Crippen LogP contribution in [0, 0.1) is 11.8 Å². The zero-order valence-electron chi connectivity index (χ0n) is 7.72. The summed E-state index contributed by atoms with van der Waals surface area (Å²) in [6.07, 6.45) is 2.36. The van der Waals surface area contributed by atoms with Crippen molar-refractivity contribution in [3.63, 3.8) is 0 Å². The van der Waals surface area contributed by atoms with Crippen LogP contribution in [0.5, 0.6) is 0 Å². The van der Waals surface area contributed by atoms with Crippen LogP contribution in [-0.2, 0) is 0 Å². The quantitative estimate of drug-likeness (QED) is 0.852. The van der Waals surface area contributed by atoms with E-state index in [0.717, 1.165) is 14.6 Å². The van der Waals surface area contributed by atoms with Crippen molar-refractivity contribution in [1.29, 1.82) is 0 Å². The summed E-state index contributed by atoms with van der Waals surface area (Å²) in [4.78, 5) is 4.24. The SMILES string of the molecule is CC#CCC(N)c1ncc(Br)cc1Br. The van der Waals surface area contributed by atoms with Crippen LogP contribution in [0.2, 0.25) is 0 Å². The van der Waals surface area contributed by atoms with Gasteiger partial charge in [0, 0.05) is 21.6 Å². The maximum atomic E-state index is 5.92. The third-order valence-electron chi connectivity index (χ3n) is 1.69. The van der Waals surface area contributed by atoms with Gasteiger partial charge in [-0.25, -0.2) is 0 Å². The first-order chi connectivity index (χ1) is 6.65. The van der Waals surface area contributed by atoms with E-state index < -0.39 is 0 Å². The Labute approximate surface area is 101 Å². The summed E-state index contributed by atoms with van der Waals surface area (Å²) in [7, 11) is 0. The van der Waals surface area contributed by atoms with Crippen LogP contribution in [0.4, 0.5) is 0 Å². The van der Waals surface area contributed by atoms with Crippen molar-refractivity contribution in [1.82, 2.24) is 4.98 Å². The Kier molecular flexibility index (Phi) is 4.59. The number of hydrogen-bond donors (Lipinski definition) is 1. The highest BCUT2D eigenvalue weighted by Gasteiger charge is 2.10. The molecule has 1 aromatic rings. The third-order valence-corrected chi connectivity index (χ3v) is 2.76. The van der Waals surface area contributed by atoms with Crippen LogP contribution >= 0.6 is 31.9 Å². The number of hydrogen-bond acceptors (Lipinski definition) is 2. The summed E-state index contributed by atoms with van der Waals surface area (Å²) >= 11 is 6.76. The number of nitrogens with zero attached hydrogens (tertiary/aromatic N) is 1. The highest BCUT2D eigenvalue weighted by atomic mass is 79.9. The van der Waals surface area contributed by atoms with E-state index in [1.165, 1.54) is 0 Å². The van der Waals surface area contributed by atoms with Gasteiger partial charge >= 0.3 is 0 Å². The molecule has 0 aromatic carbocycles. The lowest BCUT2D eigenvalue weighted by Gasteiger charge is -2.09. The minimum Gasteiger partial charge on any atom is -0.322 e. The minimum absolute atomic E-state index is 0.134. The summed E-state index contributed by atoms with van der Waals surface area (Å²) in [5, 5.41) is 0. The van der Waals surface area contributed by atoms with E-state index in [1.54, 1.807) is 13.1 Å². The summed E-state index contributed by atoms with van der Waals surface area (Å²) in [5.74, 6) is 5.76. The van der Waals surface area contributed by atoms with E-state index in [1.807, 2.05) is 6.07 Å². The molecule has 1 aromatic heterocycles. The monoisotopic (exact) mass is 316 g/mol. The molecule has 0 aliphatic heterocycles. The van der Waals surface area contributed by atoms with E-state index in [-0.39, 0.29) is 6.04 Å². The smallest absolute Gasteiger partial charge is 0.0723 e. The molecule has 1 rings (SSSR count). The number of pyridine rings is 1. The second kappa shape index (κ2) is 5.50. The maximum absolute atomic E-state index is 5.92. The van der Waals surface area contributed by atoms with Crippen LogP contribution in [-0.4, -0.2) is 4.98 Å². The topological polar surface area (TPSA) is 38.9 Å². The van der Waals surface area contributed by atoms with Gasteiger partial charge in [0.25, 0.3) is 0 Å². The molecule has 0 saturated heterocycles. The molecular formula is C10H10Br2N2. The molecule has 0 radical (unpaired) electrons. The highest BCUT2D eigenvalue weighted by molar-refractivity contribution is 9.11. The molecule has 14 heavy (non-hydrogen) atoms. The third kappa shape index (κ3) is 3.09. The van der Waals surface area contributed by atoms with Crippen molar-refractivity contribution in [2.45, 2.75) is 19.4 Å². The molecule has 0 bridgehead atoms. The predicted octanol–water partition coefficient (Wildman–Crippen LogP) is 3.02. The van der Waals surface area contributed by atoms with Crippen molar-refractivity contribution >= 4 is 31.9 Å². The van der Waals surface area contributed by atoms with Crippen molar-refractivity contribution in [2.75, 3.05) is 0 Å². The van der Waals surface area contributed by atoms with E-state index >= 15 is 0 Å². The molecule has 1 heterocycles. The van der Waals surface area contributed by atoms with Gasteiger partial charge in [0.15, 0.2) is 0 Å². The fourth-order valence-electron chi connectivity index (χ4n) is 1.01. The summed E-state index contributed by atoms with van der Waals surface area (Å²) in [5.41, 5.74) is 6.77.